The van der Waals surface area contributed by atoms with E-state index in [9.17, 15) is 0 Å². The molecule has 1 N–H and O–H groups in total. The number of nitrogens with one attached hydrogen (secondary N) is 1. The van der Waals surface area contributed by atoms with E-state index in [2.05, 4.69) is 36.1 Å². The van der Waals surface area contributed by atoms with Crippen LogP contribution in [0.5, 0.6) is 0 Å². The molecule has 0 spiro atoms. The summed E-state index contributed by atoms with van der Waals surface area (Å²) in [6.07, 6.45) is 7.79. The molecule has 0 aliphatic heterocycles. The van der Waals surface area contributed by atoms with Crippen LogP contribution in [0.2, 0.25) is 0 Å². The van der Waals surface area contributed by atoms with Gasteiger partial charge in [-0.2, -0.15) is 0 Å². The minimum Gasteiger partial charge on any atom is -0.379 e. The normalized spacial score (nSPS) is 14.7. The van der Waals surface area contributed by atoms with Crippen molar-refractivity contribution in [2.45, 2.75) is 52.4 Å². The van der Waals surface area contributed by atoms with Crippen LogP contribution in [0.4, 0.5) is 0 Å². The van der Waals surface area contributed by atoms with Crippen LogP contribution in [0.15, 0.2) is 4.99 Å². The number of aliphatic imine (C=N–C) groups is 1. The van der Waals surface area contributed by atoms with Gasteiger partial charge in [0.15, 0.2) is 5.96 Å². The van der Waals surface area contributed by atoms with Crippen LogP contribution in [0.25, 0.3) is 0 Å². The number of likely N-dealkylation sites (N-methyl/N-ethyl adjacent to an activating group) is 1. The van der Waals surface area contributed by atoms with Gasteiger partial charge in [0.1, 0.15) is 0 Å². The molecule has 0 amide bonds. The van der Waals surface area contributed by atoms with Crippen molar-refractivity contribution < 1.29 is 4.74 Å². The van der Waals surface area contributed by atoms with E-state index in [1.165, 1.54) is 38.5 Å². The lowest BCUT2D eigenvalue weighted by Gasteiger charge is -2.22. The molecular formula is C16H34IN3O. The summed E-state index contributed by atoms with van der Waals surface area (Å²) >= 11 is 0. The lowest BCUT2D eigenvalue weighted by atomic mass is 10.2. The fraction of sp³-hybridized carbons (Fsp3) is 0.938. The first-order valence-electron chi connectivity index (χ1n) is 8.35. The van der Waals surface area contributed by atoms with Crippen molar-refractivity contribution in [2.24, 2.45) is 10.9 Å². The number of unbranched alkanes of at least 4 members (excludes halogenated alkanes) is 3. The van der Waals surface area contributed by atoms with Crippen LogP contribution in [0, 0.1) is 5.92 Å². The molecule has 0 radical (unpaired) electrons. The van der Waals surface area contributed by atoms with Gasteiger partial charge in [-0.05, 0) is 32.1 Å². The molecule has 0 unspecified atom stereocenters. The SMILES string of the molecule is CCCCCCN=C(NCC)N(C)CCOCC1CC1.I. The minimum atomic E-state index is 0. The molecule has 4 nitrogen and oxygen atoms in total. The quantitative estimate of drug-likeness (QED) is 0.245. The summed E-state index contributed by atoms with van der Waals surface area (Å²) in [5.41, 5.74) is 0. The highest BCUT2D eigenvalue weighted by Crippen LogP contribution is 2.28. The zero-order valence-electron chi connectivity index (χ0n) is 14.1. The third kappa shape index (κ3) is 11.2. The summed E-state index contributed by atoms with van der Waals surface area (Å²) in [6.45, 7) is 8.85. The molecule has 1 rings (SSSR count). The van der Waals surface area contributed by atoms with Crippen LogP contribution >= 0.6 is 24.0 Å². The number of rotatable bonds is 11. The van der Waals surface area contributed by atoms with E-state index in [-0.39, 0.29) is 24.0 Å². The van der Waals surface area contributed by atoms with Gasteiger partial charge in [-0.3, -0.25) is 4.99 Å². The second-order valence-electron chi connectivity index (χ2n) is 5.74. The second kappa shape index (κ2) is 13.6. The third-order valence-electron chi connectivity index (χ3n) is 3.59. The molecule has 0 atom stereocenters. The highest BCUT2D eigenvalue weighted by atomic mass is 127. The molecule has 1 aliphatic carbocycles. The summed E-state index contributed by atoms with van der Waals surface area (Å²) < 4.78 is 5.69. The molecule has 0 aromatic rings. The average molecular weight is 411 g/mol. The Morgan fingerprint density at radius 2 is 2.00 bits per heavy atom. The zero-order chi connectivity index (χ0) is 14.6. The van der Waals surface area contributed by atoms with E-state index in [4.69, 9.17) is 4.74 Å². The highest BCUT2D eigenvalue weighted by molar-refractivity contribution is 14.0. The Bertz CT molecular complexity index is 270. The van der Waals surface area contributed by atoms with Crippen molar-refractivity contribution >= 4 is 29.9 Å². The van der Waals surface area contributed by atoms with Gasteiger partial charge in [-0.25, -0.2) is 0 Å². The number of hydrogen-bond donors (Lipinski definition) is 1. The summed E-state index contributed by atoms with van der Waals surface area (Å²) in [6, 6.07) is 0. The summed E-state index contributed by atoms with van der Waals surface area (Å²) in [4.78, 5) is 6.86. The van der Waals surface area contributed by atoms with Crippen LogP contribution in [0.1, 0.15) is 52.4 Å². The van der Waals surface area contributed by atoms with Crippen LogP contribution in [-0.2, 0) is 4.74 Å². The Morgan fingerprint density at radius 1 is 1.24 bits per heavy atom. The maximum absolute atomic E-state index is 5.69. The van der Waals surface area contributed by atoms with Crippen LogP contribution in [0.3, 0.4) is 0 Å². The van der Waals surface area contributed by atoms with Gasteiger partial charge in [0.25, 0.3) is 0 Å². The number of hydrogen-bond acceptors (Lipinski definition) is 2. The van der Waals surface area contributed by atoms with Crippen molar-refractivity contribution in [2.75, 3.05) is 39.9 Å². The molecular weight excluding hydrogens is 377 g/mol. The zero-order valence-corrected chi connectivity index (χ0v) is 16.4. The second-order valence-corrected chi connectivity index (χ2v) is 5.74. The van der Waals surface area contributed by atoms with Gasteiger partial charge < -0.3 is 15.0 Å². The number of nitrogens with zero attached hydrogens (tertiary/aromatic N) is 2. The van der Waals surface area contributed by atoms with Gasteiger partial charge in [0, 0.05) is 33.3 Å². The predicted molar refractivity (Wildman–Crippen MR) is 102 cm³/mol. The Balaban J connectivity index is 0.00000400. The molecule has 21 heavy (non-hydrogen) atoms. The minimum absolute atomic E-state index is 0. The van der Waals surface area contributed by atoms with Gasteiger partial charge in [-0.15, -0.1) is 24.0 Å². The van der Waals surface area contributed by atoms with Gasteiger partial charge in [0.05, 0.1) is 6.61 Å². The van der Waals surface area contributed by atoms with Gasteiger partial charge >= 0.3 is 0 Å². The first kappa shape index (κ1) is 21.0. The fourth-order valence-electron chi connectivity index (χ4n) is 2.04. The topological polar surface area (TPSA) is 36.9 Å². The predicted octanol–water partition coefficient (Wildman–Crippen LogP) is 3.51. The fourth-order valence-corrected chi connectivity index (χ4v) is 2.04. The van der Waals surface area contributed by atoms with Crippen molar-refractivity contribution in [1.82, 2.24) is 10.2 Å². The van der Waals surface area contributed by atoms with Crippen molar-refractivity contribution in [3.05, 3.63) is 0 Å². The van der Waals surface area contributed by atoms with E-state index < -0.39 is 0 Å². The number of guanidine groups is 1. The third-order valence-corrected chi connectivity index (χ3v) is 3.59. The first-order chi connectivity index (χ1) is 9.77. The Kier molecular flexibility index (Phi) is 13.6. The standard InChI is InChI=1S/C16H33N3O.HI/c1-4-6-7-8-11-18-16(17-5-2)19(3)12-13-20-14-15-9-10-15;/h15H,4-14H2,1-3H3,(H,17,18);1H. The Hall–Kier alpha value is -0.0400. The molecule has 5 heteroatoms. The number of ether oxygens (including phenoxy) is 1. The molecule has 1 fully saturated rings. The molecule has 1 saturated carbocycles. The van der Waals surface area contributed by atoms with Crippen molar-refractivity contribution in [1.29, 1.82) is 0 Å². The summed E-state index contributed by atoms with van der Waals surface area (Å²) in [7, 11) is 2.09. The lowest BCUT2D eigenvalue weighted by molar-refractivity contribution is 0.115. The van der Waals surface area contributed by atoms with Crippen LogP contribution < -0.4 is 5.32 Å². The van der Waals surface area contributed by atoms with Crippen molar-refractivity contribution in [3.8, 4) is 0 Å². The van der Waals surface area contributed by atoms with E-state index >= 15 is 0 Å². The average Bonchev–Trinajstić information content (AvgIpc) is 3.26. The van der Waals surface area contributed by atoms with Crippen molar-refractivity contribution in [3.63, 3.8) is 0 Å². The molecule has 0 aromatic carbocycles. The lowest BCUT2D eigenvalue weighted by Crippen LogP contribution is -2.40. The molecule has 126 valence electrons. The maximum atomic E-state index is 5.69. The first-order valence-corrected chi connectivity index (χ1v) is 8.35. The maximum Gasteiger partial charge on any atom is 0.193 e. The number of halogens is 1. The van der Waals surface area contributed by atoms with E-state index in [0.717, 1.165) is 44.7 Å². The summed E-state index contributed by atoms with van der Waals surface area (Å²) in [5.74, 6) is 1.86. The smallest absolute Gasteiger partial charge is 0.193 e. The molecule has 0 heterocycles. The van der Waals surface area contributed by atoms with Gasteiger partial charge in [-0.1, -0.05) is 26.2 Å². The largest absolute Gasteiger partial charge is 0.379 e. The van der Waals surface area contributed by atoms with E-state index in [1.807, 2.05) is 0 Å². The Labute approximate surface area is 148 Å². The van der Waals surface area contributed by atoms with Gasteiger partial charge in [0.2, 0.25) is 0 Å². The summed E-state index contributed by atoms with van der Waals surface area (Å²) in [5, 5.41) is 3.36. The highest BCUT2D eigenvalue weighted by Gasteiger charge is 2.21. The Morgan fingerprint density at radius 3 is 2.62 bits per heavy atom. The molecule has 0 saturated heterocycles. The van der Waals surface area contributed by atoms with E-state index in [1.54, 1.807) is 0 Å². The van der Waals surface area contributed by atoms with Crippen LogP contribution in [-0.4, -0.2) is 50.8 Å². The molecule has 0 aromatic heterocycles. The monoisotopic (exact) mass is 411 g/mol. The molecule has 0 bridgehead atoms. The molecule has 1 aliphatic rings. The van der Waals surface area contributed by atoms with E-state index in [0.29, 0.717) is 0 Å².